The Morgan fingerprint density at radius 2 is 1.71 bits per heavy atom. The summed E-state index contributed by atoms with van der Waals surface area (Å²) in [5.41, 5.74) is -0.0282. The number of nitrogens with one attached hydrogen (secondary N) is 2. The molecule has 0 fully saturated rings. The Bertz CT molecular complexity index is 1170. The molecule has 0 unspecified atom stereocenters. The number of hydrogen-bond acceptors (Lipinski definition) is 8. The first-order chi connectivity index (χ1) is 19.9. The summed E-state index contributed by atoms with van der Waals surface area (Å²) in [6, 6.07) is 8.38. The van der Waals surface area contributed by atoms with Gasteiger partial charge in [0.1, 0.15) is 5.60 Å². The highest BCUT2D eigenvalue weighted by atomic mass is 16.7. The van der Waals surface area contributed by atoms with Crippen molar-refractivity contribution in [3.05, 3.63) is 54.0 Å². The van der Waals surface area contributed by atoms with Crippen LogP contribution in [0.2, 0.25) is 0 Å². The van der Waals surface area contributed by atoms with E-state index in [4.69, 9.17) is 14.0 Å². The first kappa shape index (κ1) is 33.9. The largest absolute Gasteiger partial charge is 0.459 e. The number of hydroxylamine groups is 2. The van der Waals surface area contributed by atoms with E-state index in [-0.39, 0.29) is 18.0 Å². The van der Waals surface area contributed by atoms with E-state index in [0.29, 0.717) is 24.9 Å². The number of ether oxygens (including phenoxy) is 1. The SMILES string of the molecule is CCCCC[C@@H](C(=O)NCNC(=O)c1ccco1)[C@@H](CC)N(C=O)OC(=O)c1ccc(N(C)C(=O)OC(C)(C)C)cc1. The van der Waals surface area contributed by atoms with Gasteiger partial charge in [0, 0.05) is 12.7 Å². The Kier molecular flexibility index (Phi) is 13.0. The smallest absolute Gasteiger partial charge is 0.414 e. The number of rotatable bonds is 15. The quantitative estimate of drug-likeness (QED) is 0.133. The molecule has 0 saturated heterocycles. The molecule has 2 N–H and O–H groups in total. The van der Waals surface area contributed by atoms with E-state index < -0.39 is 41.4 Å². The van der Waals surface area contributed by atoms with Crippen molar-refractivity contribution in [1.29, 1.82) is 0 Å². The predicted octanol–water partition coefficient (Wildman–Crippen LogP) is 4.66. The van der Waals surface area contributed by atoms with Crippen LogP contribution < -0.4 is 15.5 Å². The van der Waals surface area contributed by atoms with Crippen LogP contribution in [0.5, 0.6) is 0 Å². The minimum absolute atomic E-state index is 0.110. The average molecular weight is 587 g/mol. The number of furan rings is 1. The standard InChI is InChI=1S/C30H42N4O8/c1-7-9-10-12-23(26(36)31-19-32-27(37)25-13-11-18-40-25)24(8-2)34(20-35)42-28(38)21-14-16-22(17-15-21)33(6)29(39)41-30(3,4)5/h11,13-18,20,23-24H,7-10,12,19H2,1-6H3,(H,31,36)(H,32,37)/t23-,24-/m1/s1. The zero-order valence-corrected chi connectivity index (χ0v) is 25.2. The average Bonchev–Trinajstić information content (AvgIpc) is 3.50. The monoisotopic (exact) mass is 586 g/mol. The second-order valence-electron chi connectivity index (χ2n) is 10.7. The van der Waals surface area contributed by atoms with Gasteiger partial charge in [0.05, 0.1) is 30.5 Å². The maximum atomic E-state index is 13.2. The van der Waals surface area contributed by atoms with Crippen LogP contribution in [0.4, 0.5) is 10.5 Å². The van der Waals surface area contributed by atoms with Crippen LogP contribution in [0.1, 0.15) is 87.6 Å². The third-order valence-electron chi connectivity index (χ3n) is 6.37. The summed E-state index contributed by atoms with van der Waals surface area (Å²) in [4.78, 5) is 69.5. The molecule has 0 aliphatic carbocycles. The minimum atomic E-state index is -0.801. The van der Waals surface area contributed by atoms with Gasteiger partial charge in [-0.15, -0.1) is 0 Å². The first-order valence-electron chi connectivity index (χ1n) is 14.0. The summed E-state index contributed by atoms with van der Waals surface area (Å²) >= 11 is 0. The third kappa shape index (κ3) is 10.2. The van der Waals surface area contributed by atoms with Crippen LogP contribution in [0.25, 0.3) is 0 Å². The van der Waals surface area contributed by atoms with E-state index in [1.54, 1.807) is 52.9 Å². The number of unbranched alkanes of at least 4 members (excludes halogenated alkanes) is 2. The van der Waals surface area contributed by atoms with E-state index in [1.165, 1.54) is 29.4 Å². The molecule has 2 atom stereocenters. The number of anilines is 1. The van der Waals surface area contributed by atoms with Crippen LogP contribution in [-0.4, -0.2) is 60.7 Å². The molecule has 1 aromatic heterocycles. The zero-order valence-electron chi connectivity index (χ0n) is 25.2. The molecule has 1 aromatic carbocycles. The second-order valence-corrected chi connectivity index (χ2v) is 10.7. The number of benzene rings is 1. The van der Waals surface area contributed by atoms with Gasteiger partial charge in [-0.25, -0.2) is 9.59 Å². The van der Waals surface area contributed by atoms with E-state index in [2.05, 4.69) is 10.6 Å². The van der Waals surface area contributed by atoms with Crippen LogP contribution >= 0.6 is 0 Å². The van der Waals surface area contributed by atoms with Gasteiger partial charge in [0.15, 0.2) is 5.76 Å². The van der Waals surface area contributed by atoms with Gasteiger partial charge in [-0.2, -0.15) is 5.06 Å². The maximum absolute atomic E-state index is 13.2. The molecule has 12 nitrogen and oxygen atoms in total. The van der Waals surface area contributed by atoms with Crippen LogP contribution in [0.15, 0.2) is 47.1 Å². The number of carbonyl (C=O) groups is 5. The summed E-state index contributed by atoms with van der Waals surface area (Å²) in [6.07, 6.45) is 4.49. The number of carbonyl (C=O) groups excluding carboxylic acids is 5. The van der Waals surface area contributed by atoms with Crippen molar-refractivity contribution < 1.29 is 38.0 Å². The lowest BCUT2D eigenvalue weighted by atomic mass is 9.90. The van der Waals surface area contributed by atoms with Gasteiger partial charge in [-0.3, -0.25) is 19.3 Å². The highest BCUT2D eigenvalue weighted by Gasteiger charge is 2.33. The summed E-state index contributed by atoms with van der Waals surface area (Å²) in [7, 11) is 1.55. The fraction of sp³-hybridized carbons (Fsp3) is 0.500. The minimum Gasteiger partial charge on any atom is -0.459 e. The molecular formula is C30H42N4O8. The molecule has 2 aromatic rings. The van der Waals surface area contributed by atoms with Gasteiger partial charge in [-0.05, 0) is 70.0 Å². The van der Waals surface area contributed by atoms with Gasteiger partial charge in [0.2, 0.25) is 12.3 Å². The highest BCUT2D eigenvalue weighted by Crippen LogP contribution is 2.23. The number of amides is 4. The zero-order chi connectivity index (χ0) is 31.3. The van der Waals surface area contributed by atoms with Crippen LogP contribution in [0, 0.1) is 5.92 Å². The lowest BCUT2D eigenvalue weighted by Gasteiger charge is -2.31. The van der Waals surface area contributed by atoms with E-state index in [0.717, 1.165) is 24.3 Å². The summed E-state index contributed by atoms with van der Waals surface area (Å²) in [6.45, 7) is 8.96. The predicted molar refractivity (Wildman–Crippen MR) is 155 cm³/mol. The van der Waals surface area contributed by atoms with Crippen molar-refractivity contribution in [2.45, 2.75) is 78.4 Å². The molecule has 0 saturated carbocycles. The topological polar surface area (TPSA) is 147 Å². The van der Waals surface area contributed by atoms with E-state index in [1.807, 2.05) is 6.92 Å². The lowest BCUT2D eigenvalue weighted by Crippen LogP contribution is -2.49. The molecule has 2 rings (SSSR count). The van der Waals surface area contributed by atoms with Crippen LogP contribution in [0.3, 0.4) is 0 Å². The first-order valence-corrected chi connectivity index (χ1v) is 14.0. The normalized spacial score (nSPS) is 12.4. The van der Waals surface area contributed by atoms with Crippen molar-refractivity contribution in [1.82, 2.24) is 15.7 Å². The number of hydrogen-bond donors (Lipinski definition) is 2. The van der Waals surface area contributed by atoms with Gasteiger partial charge < -0.3 is 24.6 Å². The van der Waals surface area contributed by atoms with E-state index >= 15 is 0 Å². The van der Waals surface area contributed by atoms with Crippen molar-refractivity contribution in [2.75, 3.05) is 18.6 Å². The van der Waals surface area contributed by atoms with Gasteiger partial charge in [0.25, 0.3) is 5.91 Å². The maximum Gasteiger partial charge on any atom is 0.414 e. The molecule has 230 valence electrons. The molecule has 12 heteroatoms. The highest BCUT2D eigenvalue weighted by molar-refractivity contribution is 5.92. The van der Waals surface area contributed by atoms with Crippen molar-refractivity contribution in [3.63, 3.8) is 0 Å². The Labute approximate surface area is 246 Å². The van der Waals surface area contributed by atoms with Gasteiger partial charge in [-0.1, -0.05) is 33.1 Å². The fourth-order valence-electron chi connectivity index (χ4n) is 4.16. The summed E-state index contributed by atoms with van der Waals surface area (Å²) in [5.74, 6) is -2.27. The molecule has 0 radical (unpaired) electrons. The molecule has 4 amide bonds. The molecule has 0 spiro atoms. The lowest BCUT2D eigenvalue weighted by molar-refractivity contribution is -0.171. The van der Waals surface area contributed by atoms with Crippen LogP contribution in [-0.2, 0) is 19.2 Å². The van der Waals surface area contributed by atoms with Crippen molar-refractivity contribution in [2.24, 2.45) is 5.92 Å². The second kappa shape index (κ2) is 16.2. The van der Waals surface area contributed by atoms with Gasteiger partial charge >= 0.3 is 12.1 Å². The molecular weight excluding hydrogens is 544 g/mol. The third-order valence-corrected chi connectivity index (χ3v) is 6.37. The summed E-state index contributed by atoms with van der Waals surface area (Å²) < 4.78 is 10.4. The molecule has 0 aliphatic rings. The Balaban J connectivity index is 2.10. The molecule has 0 bridgehead atoms. The summed E-state index contributed by atoms with van der Waals surface area (Å²) in [5, 5.41) is 6.12. The fourth-order valence-corrected chi connectivity index (χ4v) is 4.16. The number of nitrogens with zero attached hydrogens (tertiary/aromatic N) is 2. The van der Waals surface area contributed by atoms with Crippen molar-refractivity contribution in [3.8, 4) is 0 Å². The Morgan fingerprint density at radius 3 is 2.26 bits per heavy atom. The molecule has 1 heterocycles. The van der Waals surface area contributed by atoms with Crippen molar-refractivity contribution >= 4 is 36.0 Å². The Hall–Kier alpha value is -4.35. The molecule has 42 heavy (non-hydrogen) atoms. The Morgan fingerprint density at radius 1 is 1.02 bits per heavy atom. The van der Waals surface area contributed by atoms with E-state index in [9.17, 15) is 24.0 Å². The molecule has 0 aliphatic heterocycles.